The van der Waals surface area contributed by atoms with Crippen LogP contribution in [-0.4, -0.2) is 9.97 Å². The molecule has 2 N–H and O–H groups in total. The Labute approximate surface area is 158 Å². The van der Waals surface area contributed by atoms with E-state index in [0.717, 1.165) is 28.1 Å². The molecule has 0 radical (unpaired) electrons. The van der Waals surface area contributed by atoms with Gasteiger partial charge in [0, 0.05) is 11.4 Å². The largest absolute Gasteiger partial charge is 0.337 e. The van der Waals surface area contributed by atoms with Crippen molar-refractivity contribution in [1.82, 2.24) is 9.97 Å². The number of nitriles is 2. The fraction of sp³-hybridized carbons (Fsp3) is 0.143. The third-order valence-corrected chi connectivity index (χ3v) is 4.06. The second-order valence-corrected chi connectivity index (χ2v) is 6.28. The number of benzene rings is 2. The normalized spacial score (nSPS) is 9.96. The van der Waals surface area contributed by atoms with Crippen molar-refractivity contribution < 1.29 is 0 Å². The maximum Gasteiger partial charge on any atom is 0.179 e. The summed E-state index contributed by atoms with van der Waals surface area (Å²) in [6.07, 6.45) is 0. The summed E-state index contributed by atoms with van der Waals surface area (Å²) in [5.74, 6) is 0.771. The van der Waals surface area contributed by atoms with Crippen molar-refractivity contribution in [1.29, 1.82) is 10.5 Å². The van der Waals surface area contributed by atoms with E-state index in [9.17, 15) is 10.5 Å². The van der Waals surface area contributed by atoms with Crippen LogP contribution in [0.2, 0.25) is 0 Å². The molecule has 0 spiro atoms. The molecule has 0 atom stereocenters. The molecule has 0 amide bonds. The Morgan fingerprint density at radius 3 is 1.85 bits per heavy atom. The molecule has 0 aliphatic heterocycles. The minimum absolute atomic E-state index is 0.0146. The van der Waals surface area contributed by atoms with Crippen LogP contribution in [-0.2, 0) is 0 Å². The molecule has 0 aliphatic rings. The lowest BCUT2D eigenvalue weighted by Gasteiger charge is -2.15. The highest BCUT2D eigenvalue weighted by atomic mass is 15.1. The first-order valence-electron chi connectivity index (χ1n) is 8.40. The van der Waals surface area contributed by atoms with Crippen molar-refractivity contribution in [2.24, 2.45) is 0 Å². The van der Waals surface area contributed by atoms with E-state index in [2.05, 4.69) is 26.7 Å². The number of aromatic nitrogens is 2. The summed E-state index contributed by atoms with van der Waals surface area (Å²) in [7, 11) is 0. The van der Waals surface area contributed by atoms with E-state index in [4.69, 9.17) is 0 Å². The molecule has 3 rings (SSSR count). The van der Waals surface area contributed by atoms with Gasteiger partial charge in [0.1, 0.15) is 12.1 Å². The zero-order valence-corrected chi connectivity index (χ0v) is 15.3. The maximum atomic E-state index is 9.29. The Balaban J connectivity index is 2.05. The molecular weight excluding hydrogens is 336 g/mol. The minimum atomic E-state index is -0.0155. The predicted molar refractivity (Wildman–Crippen MR) is 105 cm³/mol. The molecule has 0 unspecified atom stereocenters. The predicted octanol–water partition coefficient (Wildman–Crippen LogP) is 4.63. The number of nitrogens with one attached hydrogen (secondary N) is 2. The van der Waals surface area contributed by atoms with E-state index in [1.54, 1.807) is 0 Å². The van der Waals surface area contributed by atoms with Gasteiger partial charge in [0.25, 0.3) is 0 Å². The van der Waals surface area contributed by atoms with Crippen molar-refractivity contribution in [3.63, 3.8) is 0 Å². The molecule has 27 heavy (non-hydrogen) atoms. The van der Waals surface area contributed by atoms with Gasteiger partial charge in [0.05, 0.1) is 0 Å². The van der Waals surface area contributed by atoms with Gasteiger partial charge < -0.3 is 10.6 Å². The Kier molecular flexibility index (Phi) is 5.01. The Bertz CT molecular complexity index is 1070. The van der Waals surface area contributed by atoms with E-state index in [-0.39, 0.29) is 11.4 Å². The molecular formula is C21H18N6. The highest BCUT2D eigenvalue weighted by Crippen LogP contribution is 2.28. The van der Waals surface area contributed by atoms with Gasteiger partial charge in [-0.25, -0.2) is 9.97 Å². The second kappa shape index (κ2) is 7.55. The van der Waals surface area contributed by atoms with Gasteiger partial charge in [-0.2, -0.15) is 10.5 Å². The average molecular weight is 354 g/mol. The van der Waals surface area contributed by atoms with Crippen LogP contribution in [0.3, 0.4) is 0 Å². The number of aryl methyl sites for hydroxylation is 3. The zero-order valence-electron chi connectivity index (χ0n) is 15.3. The quantitative estimate of drug-likeness (QED) is 0.709. The fourth-order valence-electron chi connectivity index (χ4n) is 2.62. The average Bonchev–Trinajstić information content (AvgIpc) is 2.66. The Morgan fingerprint density at radius 1 is 0.741 bits per heavy atom. The number of rotatable bonds is 4. The van der Waals surface area contributed by atoms with E-state index in [1.165, 1.54) is 0 Å². The van der Waals surface area contributed by atoms with E-state index in [0.29, 0.717) is 11.6 Å². The van der Waals surface area contributed by atoms with Crippen LogP contribution in [0.25, 0.3) is 0 Å². The summed E-state index contributed by atoms with van der Waals surface area (Å²) < 4.78 is 0. The molecule has 6 heteroatoms. The molecule has 1 aromatic heterocycles. The Morgan fingerprint density at radius 2 is 1.30 bits per heavy atom. The van der Waals surface area contributed by atoms with Crippen LogP contribution in [0.15, 0.2) is 42.5 Å². The van der Waals surface area contributed by atoms with Gasteiger partial charge in [-0.1, -0.05) is 35.4 Å². The van der Waals surface area contributed by atoms with Crippen LogP contribution < -0.4 is 10.6 Å². The van der Waals surface area contributed by atoms with Crippen LogP contribution in [0, 0.1) is 43.4 Å². The number of hydrogen-bond donors (Lipinski definition) is 2. The monoisotopic (exact) mass is 354 g/mol. The summed E-state index contributed by atoms with van der Waals surface area (Å²) in [4.78, 5) is 8.62. The van der Waals surface area contributed by atoms with Gasteiger partial charge in [0.2, 0.25) is 0 Å². The van der Waals surface area contributed by atoms with Crippen LogP contribution in [0.4, 0.5) is 23.0 Å². The van der Waals surface area contributed by atoms with Gasteiger partial charge in [-0.3, -0.25) is 0 Å². The fourth-order valence-corrected chi connectivity index (χ4v) is 2.62. The first-order chi connectivity index (χ1) is 13.0. The molecule has 2 aromatic carbocycles. The maximum absolute atomic E-state index is 9.29. The molecule has 6 nitrogen and oxygen atoms in total. The van der Waals surface area contributed by atoms with Crippen molar-refractivity contribution in [2.45, 2.75) is 20.8 Å². The molecule has 0 bridgehead atoms. The van der Waals surface area contributed by atoms with Crippen molar-refractivity contribution in [3.05, 3.63) is 70.5 Å². The molecule has 0 saturated heterocycles. The highest BCUT2D eigenvalue weighted by Gasteiger charge is 2.15. The first kappa shape index (κ1) is 17.9. The molecule has 132 valence electrons. The van der Waals surface area contributed by atoms with Crippen LogP contribution in [0.1, 0.15) is 28.1 Å². The number of hydrogen-bond acceptors (Lipinski definition) is 6. The molecule has 3 aromatic rings. The van der Waals surface area contributed by atoms with Crippen LogP contribution >= 0.6 is 0 Å². The molecule has 0 aliphatic carbocycles. The molecule has 0 fully saturated rings. The first-order valence-corrected chi connectivity index (χ1v) is 8.40. The number of nitrogens with zero attached hydrogens (tertiary/aromatic N) is 4. The standard InChI is InChI=1S/C21H18N6/c1-13-4-7-16(8-5-13)24-20-21(27-19(12-23)18(11-22)26-20)25-17-9-6-14(2)10-15(17)3/h4-10H,1-3H3,(H,24,26)(H,25,27). The zero-order chi connectivity index (χ0) is 19.4. The van der Waals surface area contributed by atoms with E-state index < -0.39 is 0 Å². The SMILES string of the molecule is Cc1ccc(Nc2nc(C#N)c(C#N)nc2Nc2ccc(C)cc2C)cc1. The van der Waals surface area contributed by atoms with E-state index >= 15 is 0 Å². The molecule has 0 saturated carbocycles. The second-order valence-electron chi connectivity index (χ2n) is 6.28. The molecule has 1 heterocycles. The van der Waals surface area contributed by atoms with Gasteiger partial charge in [-0.05, 0) is 44.5 Å². The lowest BCUT2D eigenvalue weighted by Crippen LogP contribution is -2.07. The summed E-state index contributed by atoms with van der Waals surface area (Å²) in [5.41, 5.74) is 4.97. The van der Waals surface area contributed by atoms with Crippen LogP contribution in [0.5, 0.6) is 0 Å². The number of anilines is 4. The summed E-state index contributed by atoms with van der Waals surface area (Å²) in [6, 6.07) is 17.6. The lowest BCUT2D eigenvalue weighted by atomic mass is 10.1. The smallest absolute Gasteiger partial charge is 0.179 e. The third kappa shape index (κ3) is 4.02. The summed E-state index contributed by atoms with van der Waals surface area (Å²) >= 11 is 0. The van der Waals surface area contributed by atoms with Crippen molar-refractivity contribution >= 4 is 23.0 Å². The lowest BCUT2D eigenvalue weighted by molar-refractivity contribution is 1.13. The highest BCUT2D eigenvalue weighted by molar-refractivity contribution is 5.74. The Hall–Kier alpha value is -3.90. The van der Waals surface area contributed by atoms with E-state index in [1.807, 2.05) is 69.3 Å². The topological polar surface area (TPSA) is 97.4 Å². The third-order valence-electron chi connectivity index (χ3n) is 4.06. The minimum Gasteiger partial charge on any atom is -0.337 e. The van der Waals surface area contributed by atoms with Gasteiger partial charge >= 0.3 is 0 Å². The summed E-state index contributed by atoms with van der Waals surface area (Å²) in [6.45, 7) is 6.02. The van der Waals surface area contributed by atoms with Gasteiger partial charge in [-0.15, -0.1) is 0 Å². The van der Waals surface area contributed by atoms with Crippen molar-refractivity contribution in [2.75, 3.05) is 10.6 Å². The summed E-state index contributed by atoms with van der Waals surface area (Å²) in [5, 5.41) is 25.0. The van der Waals surface area contributed by atoms with Gasteiger partial charge in [0.15, 0.2) is 23.0 Å². The van der Waals surface area contributed by atoms with Crippen molar-refractivity contribution in [3.8, 4) is 12.1 Å².